The molecule has 0 saturated heterocycles. The van der Waals surface area contributed by atoms with Gasteiger partial charge in [-0.15, -0.1) is 0 Å². The molecule has 0 bridgehead atoms. The van der Waals surface area contributed by atoms with Gasteiger partial charge in [-0.3, -0.25) is 0 Å². The highest BCUT2D eigenvalue weighted by atomic mass is 28.4. The van der Waals surface area contributed by atoms with Crippen molar-refractivity contribution in [1.82, 2.24) is 0 Å². The largest absolute Gasteiger partial charge is 0.458 e. The monoisotopic (exact) mass is 412 g/mol. The Morgan fingerprint density at radius 3 is 1.68 bits per heavy atom. The molecule has 0 amide bonds. The molecular weight excluding hydrogens is 373 g/mol. The first-order valence-electron chi connectivity index (χ1n) is 9.72. The fraction of sp³-hybridized carbons (Fsp3) is 0.684. The highest BCUT2D eigenvalue weighted by molar-refractivity contribution is 6.84. The maximum atomic E-state index is 6.45. The Labute approximate surface area is 161 Å². The quantitative estimate of drug-likeness (QED) is 0.436. The first-order chi connectivity index (χ1) is 11.3. The van der Waals surface area contributed by atoms with Gasteiger partial charge in [0.1, 0.15) is 0 Å². The summed E-state index contributed by atoms with van der Waals surface area (Å²) < 4.78 is 12.7. The molecule has 25 heavy (non-hydrogen) atoms. The van der Waals surface area contributed by atoms with Gasteiger partial charge in [-0.25, -0.2) is 0 Å². The first-order valence-corrected chi connectivity index (χ1v) is 22.1. The molecule has 0 aliphatic rings. The third-order valence-corrected chi connectivity index (χ3v) is 15.7. The van der Waals surface area contributed by atoms with Crippen LogP contribution in [0.1, 0.15) is 11.1 Å². The minimum Gasteiger partial charge on any atom is -0.458 e. The van der Waals surface area contributed by atoms with Crippen LogP contribution in [0.3, 0.4) is 0 Å². The van der Waals surface area contributed by atoms with Gasteiger partial charge in [-0.2, -0.15) is 0 Å². The van der Waals surface area contributed by atoms with Gasteiger partial charge in [0.25, 0.3) is 0 Å². The van der Waals surface area contributed by atoms with Crippen LogP contribution in [0.2, 0.25) is 71.0 Å². The van der Waals surface area contributed by atoms with Gasteiger partial charge in [0.05, 0.1) is 0 Å². The average Bonchev–Trinajstić information content (AvgIpc) is 2.40. The summed E-state index contributed by atoms with van der Waals surface area (Å²) in [6.45, 7) is 20.9. The second-order valence-electron chi connectivity index (χ2n) is 9.87. The van der Waals surface area contributed by atoms with Crippen molar-refractivity contribution in [3.8, 4) is 0 Å². The lowest BCUT2D eigenvalue weighted by Gasteiger charge is -2.31. The standard InChI is InChI=1S/C19H40O2Si4/c1-22(20-23(2,3)4)16-14-18-10-12-19(13-11-18)15-17-25(8,9)21-24(5,6)7/h10-13,22H,14-17H2,1-9H3. The molecule has 0 aliphatic carbocycles. The predicted molar refractivity (Wildman–Crippen MR) is 123 cm³/mol. The van der Waals surface area contributed by atoms with Crippen molar-refractivity contribution < 1.29 is 8.23 Å². The molecule has 0 radical (unpaired) electrons. The summed E-state index contributed by atoms with van der Waals surface area (Å²) in [5, 5.41) is 0. The molecule has 0 fully saturated rings. The molecule has 6 heteroatoms. The Bertz CT molecular complexity index is 516. The molecule has 0 spiro atoms. The third-order valence-electron chi connectivity index (χ3n) is 4.02. The van der Waals surface area contributed by atoms with E-state index in [-0.39, 0.29) is 0 Å². The maximum Gasteiger partial charge on any atom is 0.173 e. The van der Waals surface area contributed by atoms with E-state index >= 15 is 0 Å². The number of hydrogen-bond acceptors (Lipinski definition) is 2. The van der Waals surface area contributed by atoms with E-state index in [9.17, 15) is 0 Å². The zero-order valence-corrected chi connectivity index (χ0v) is 22.2. The zero-order chi connectivity index (χ0) is 19.3. The van der Waals surface area contributed by atoms with Crippen molar-refractivity contribution in [2.45, 2.75) is 83.9 Å². The summed E-state index contributed by atoms with van der Waals surface area (Å²) in [5.41, 5.74) is 2.91. The van der Waals surface area contributed by atoms with Crippen LogP contribution in [-0.2, 0) is 21.1 Å². The first kappa shape index (κ1) is 23.0. The summed E-state index contributed by atoms with van der Waals surface area (Å²) >= 11 is 0. The summed E-state index contributed by atoms with van der Waals surface area (Å²) in [6, 6.07) is 11.7. The van der Waals surface area contributed by atoms with Gasteiger partial charge < -0.3 is 8.23 Å². The number of hydrogen-bond donors (Lipinski definition) is 0. The van der Waals surface area contributed by atoms with E-state index in [2.05, 4.69) is 83.2 Å². The minimum absolute atomic E-state index is 1.01. The van der Waals surface area contributed by atoms with Crippen LogP contribution in [0.4, 0.5) is 0 Å². The molecule has 0 aromatic heterocycles. The van der Waals surface area contributed by atoms with E-state index in [1.165, 1.54) is 23.2 Å². The minimum atomic E-state index is -1.53. The van der Waals surface area contributed by atoms with E-state index in [0.717, 1.165) is 12.8 Å². The van der Waals surface area contributed by atoms with Crippen LogP contribution in [0.5, 0.6) is 0 Å². The van der Waals surface area contributed by atoms with E-state index < -0.39 is 34.0 Å². The van der Waals surface area contributed by atoms with Crippen molar-refractivity contribution in [1.29, 1.82) is 0 Å². The summed E-state index contributed by atoms with van der Waals surface area (Å²) in [4.78, 5) is 0. The molecule has 1 aromatic rings. The second kappa shape index (κ2) is 9.28. The second-order valence-corrected chi connectivity index (χ2v) is 26.3. The van der Waals surface area contributed by atoms with E-state index in [1.807, 2.05) is 0 Å². The lowest BCUT2D eigenvalue weighted by Crippen LogP contribution is -2.42. The normalized spacial score (nSPS) is 14.6. The van der Waals surface area contributed by atoms with Crippen LogP contribution in [0, 0.1) is 0 Å². The van der Waals surface area contributed by atoms with Gasteiger partial charge in [-0.1, -0.05) is 24.3 Å². The Kier molecular flexibility index (Phi) is 8.55. The van der Waals surface area contributed by atoms with E-state index in [4.69, 9.17) is 8.23 Å². The summed E-state index contributed by atoms with van der Waals surface area (Å²) in [6.07, 6.45) is 2.31. The molecule has 144 valence electrons. The van der Waals surface area contributed by atoms with Gasteiger partial charge >= 0.3 is 0 Å². The van der Waals surface area contributed by atoms with Gasteiger partial charge in [0.2, 0.25) is 0 Å². The Morgan fingerprint density at radius 2 is 1.24 bits per heavy atom. The van der Waals surface area contributed by atoms with Crippen molar-refractivity contribution in [2.24, 2.45) is 0 Å². The van der Waals surface area contributed by atoms with Crippen molar-refractivity contribution in [2.75, 3.05) is 0 Å². The van der Waals surface area contributed by atoms with E-state index in [0.29, 0.717) is 0 Å². The molecular formula is C19H40O2Si4. The fourth-order valence-corrected chi connectivity index (χ4v) is 17.2. The molecule has 1 unspecified atom stereocenters. The highest BCUT2D eigenvalue weighted by Gasteiger charge is 2.29. The van der Waals surface area contributed by atoms with Crippen LogP contribution in [0.15, 0.2) is 24.3 Å². The Hall–Kier alpha value is 0.00753. The van der Waals surface area contributed by atoms with Crippen molar-refractivity contribution >= 4 is 34.0 Å². The maximum absolute atomic E-state index is 6.45. The van der Waals surface area contributed by atoms with E-state index in [1.54, 1.807) is 0 Å². The third kappa shape index (κ3) is 11.3. The topological polar surface area (TPSA) is 18.5 Å². The molecule has 1 aromatic carbocycles. The SMILES string of the molecule is C[SiH](CCc1ccc(CC[Si](C)(C)O[Si](C)(C)C)cc1)O[Si](C)(C)C. The Morgan fingerprint density at radius 1 is 0.760 bits per heavy atom. The number of aryl methyl sites for hydroxylation is 2. The number of benzene rings is 1. The van der Waals surface area contributed by atoms with Crippen LogP contribution >= 0.6 is 0 Å². The molecule has 2 nitrogen and oxygen atoms in total. The lowest BCUT2D eigenvalue weighted by molar-refractivity contribution is 0.547. The molecule has 1 rings (SSSR count). The smallest absolute Gasteiger partial charge is 0.173 e. The highest BCUT2D eigenvalue weighted by Crippen LogP contribution is 2.21. The Balaban J connectivity index is 2.46. The van der Waals surface area contributed by atoms with Crippen molar-refractivity contribution in [3.63, 3.8) is 0 Å². The molecule has 0 saturated carbocycles. The molecule has 0 N–H and O–H groups in total. The summed E-state index contributed by atoms with van der Waals surface area (Å²) in [7, 11) is -5.32. The predicted octanol–water partition coefficient (Wildman–Crippen LogP) is 6.03. The zero-order valence-electron chi connectivity index (χ0n) is 18.0. The fourth-order valence-electron chi connectivity index (χ4n) is 3.23. The van der Waals surface area contributed by atoms with Gasteiger partial charge in [-0.05, 0) is 95.0 Å². The molecule has 0 aliphatic heterocycles. The van der Waals surface area contributed by atoms with Crippen LogP contribution < -0.4 is 0 Å². The molecule has 1 atom stereocenters. The number of rotatable bonds is 10. The molecule has 0 heterocycles. The van der Waals surface area contributed by atoms with Gasteiger partial charge in [0.15, 0.2) is 34.0 Å². The van der Waals surface area contributed by atoms with Crippen LogP contribution in [-0.4, -0.2) is 34.0 Å². The van der Waals surface area contributed by atoms with Crippen LogP contribution in [0.25, 0.3) is 0 Å². The van der Waals surface area contributed by atoms with Gasteiger partial charge in [0, 0.05) is 0 Å². The summed E-state index contributed by atoms with van der Waals surface area (Å²) in [5.74, 6) is 0. The lowest BCUT2D eigenvalue weighted by atomic mass is 10.1. The van der Waals surface area contributed by atoms with Crippen molar-refractivity contribution in [3.05, 3.63) is 35.4 Å². The average molecular weight is 413 g/mol.